The maximum absolute atomic E-state index is 12.9. The summed E-state index contributed by atoms with van der Waals surface area (Å²) in [6.45, 7) is 2.34. The number of ether oxygens (including phenoxy) is 1. The van der Waals surface area contributed by atoms with Crippen LogP contribution in [0, 0.1) is 12.8 Å². The first-order valence-electron chi connectivity index (χ1n) is 8.31. The fourth-order valence-electron chi connectivity index (χ4n) is 3.17. The minimum atomic E-state index is -0.212. The summed E-state index contributed by atoms with van der Waals surface area (Å²) in [7, 11) is 1.66. The number of likely N-dealkylation sites (tertiary alicyclic amines) is 1. The van der Waals surface area contributed by atoms with Crippen molar-refractivity contribution in [3.8, 4) is 0 Å². The van der Waals surface area contributed by atoms with E-state index in [0.29, 0.717) is 36.3 Å². The smallest absolute Gasteiger partial charge is 0.276 e. The normalized spacial score (nSPS) is 23.8. The second-order valence-electron chi connectivity index (χ2n) is 6.62. The van der Waals surface area contributed by atoms with Gasteiger partial charge in [-0.25, -0.2) is 9.97 Å². The molecule has 2 aromatic rings. The number of nitrogens with one attached hydrogen (secondary N) is 1. The van der Waals surface area contributed by atoms with E-state index in [2.05, 4.69) is 20.2 Å². The van der Waals surface area contributed by atoms with Crippen LogP contribution >= 0.6 is 0 Å². The second-order valence-corrected chi connectivity index (χ2v) is 6.62. The molecule has 2 aromatic heterocycles. The van der Waals surface area contributed by atoms with Crippen LogP contribution in [0.3, 0.4) is 0 Å². The molecule has 2 fully saturated rings. The van der Waals surface area contributed by atoms with E-state index in [-0.39, 0.29) is 18.1 Å². The van der Waals surface area contributed by atoms with Gasteiger partial charge in [-0.1, -0.05) is 0 Å². The van der Waals surface area contributed by atoms with Gasteiger partial charge in [0.05, 0.1) is 12.1 Å². The zero-order valence-corrected chi connectivity index (χ0v) is 13.9. The molecule has 3 heterocycles. The molecule has 1 saturated heterocycles. The molecule has 24 heavy (non-hydrogen) atoms. The van der Waals surface area contributed by atoms with Gasteiger partial charge in [0.2, 0.25) is 0 Å². The third kappa shape index (κ3) is 2.93. The average molecular weight is 331 g/mol. The molecule has 4 rings (SSSR count). The van der Waals surface area contributed by atoms with Crippen molar-refractivity contribution < 1.29 is 13.9 Å². The summed E-state index contributed by atoms with van der Waals surface area (Å²) in [4.78, 5) is 23.4. The van der Waals surface area contributed by atoms with E-state index in [9.17, 15) is 4.79 Å². The Morgan fingerprint density at radius 1 is 1.46 bits per heavy atom. The fraction of sp³-hybridized carbons (Fsp3) is 0.625. The van der Waals surface area contributed by atoms with E-state index >= 15 is 0 Å². The van der Waals surface area contributed by atoms with Crippen LogP contribution in [0.2, 0.25) is 0 Å². The maximum Gasteiger partial charge on any atom is 0.276 e. The fourth-order valence-corrected chi connectivity index (χ4v) is 3.17. The van der Waals surface area contributed by atoms with Crippen LogP contribution < -0.4 is 0 Å². The standard InChI is InChI=1S/C16H21N5O3/c1-9-17-15(20-19-9)13-6-11(23-2)7-21(13)16(22)12-8-24-14(18-12)5-10-3-4-10/h8,10-11,13H,3-7H2,1-2H3,(H,17,19,20)/t11-,13+/m1/s1. The minimum absolute atomic E-state index is 0.0319. The number of aromatic amines is 1. The van der Waals surface area contributed by atoms with Gasteiger partial charge in [-0.05, 0) is 25.7 Å². The minimum Gasteiger partial charge on any atom is -0.448 e. The number of carbonyl (C=O) groups is 1. The van der Waals surface area contributed by atoms with Gasteiger partial charge in [-0.3, -0.25) is 9.89 Å². The van der Waals surface area contributed by atoms with Gasteiger partial charge < -0.3 is 14.1 Å². The van der Waals surface area contributed by atoms with Crippen molar-refractivity contribution in [1.29, 1.82) is 0 Å². The van der Waals surface area contributed by atoms with Gasteiger partial charge in [0.1, 0.15) is 12.1 Å². The number of hydrogen-bond acceptors (Lipinski definition) is 6. The summed E-state index contributed by atoms with van der Waals surface area (Å²) in [5.74, 6) is 2.50. The highest BCUT2D eigenvalue weighted by molar-refractivity contribution is 5.92. The number of methoxy groups -OCH3 is 1. The summed E-state index contributed by atoms with van der Waals surface area (Å²) in [5, 5.41) is 7.05. The van der Waals surface area contributed by atoms with Gasteiger partial charge in [0.25, 0.3) is 5.91 Å². The first-order valence-corrected chi connectivity index (χ1v) is 8.31. The molecule has 2 atom stereocenters. The quantitative estimate of drug-likeness (QED) is 0.895. The van der Waals surface area contributed by atoms with Crippen LogP contribution in [-0.2, 0) is 11.2 Å². The molecular weight excluding hydrogens is 310 g/mol. The highest BCUT2D eigenvalue weighted by Gasteiger charge is 2.40. The number of carbonyl (C=O) groups excluding carboxylic acids is 1. The van der Waals surface area contributed by atoms with Crippen molar-refractivity contribution in [3.63, 3.8) is 0 Å². The summed E-state index contributed by atoms with van der Waals surface area (Å²) < 4.78 is 10.9. The van der Waals surface area contributed by atoms with E-state index in [0.717, 1.165) is 12.2 Å². The van der Waals surface area contributed by atoms with Gasteiger partial charge in [-0.2, -0.15) is 5.10 Å². The Kier molecular flexibility index (Phi) is 3.84. The Hall–Kier alpha value is -2.22. The third-order valence-corrected chi connectivity index (χ3v) is 4.70. The van der Waals surface area contributed by atoms with Crippen LogP contribution in [0.5, 0.6) is 0 Å². The summed E-state index contributed by atoms with van der Waals surface area (Å²) in [5.41, 5.74) is 0.347. The Morgan fingerprint density at radius 2 is 2.29 bits per heavy atom. The number of amides is 1. The number of hydrogen-bond donors (Lipinski definition) is 1. The Labute approximate surface area is 139 Å². The predicted octanol–water partition coefficient (Wildman–Crippen LogP) is 1.66. The molecule has 8 nitrogen and oxygen atoms in total. The molecule has 128 valence electrons. The van der Waals surface area contributed by atoms with E-state index < -0.39 is 0 Å². The van der Waals surface area contributed by atoms with Gasteiger partial charge in [0.15, 0.2) is 17.4 Å². The highest BCUT2D eigenvalue weighted by atomic mass is 16.5. The Balaban J connectivity index is 1.55. The lowest BCUT2D eigenvalue weighted by Gasteiger charge is -2.20. The number of nitrogens with zero attached hydrogens (tertiary/aromatic N) is 4. The number of oxazole rings is 1. The van der Waals surface area contributed by atoms with E-state index in [4.69, 9.17) is 9.15 Å². The molecule has 0 spiro atoms. The van der Waals surface area contributed by atoms with Crippen molar-refractivity contribution in [2.45, 2.75) is 44.8 Å². The van der Waals surface area contributed by atoms with Crippen molar-refractivity contribution in [2.75, 3.05) is 13.7 Å². The molecule has 8 heteroatoms. The molecule has 1 aliphatic carbocycles. The molecule has 1 aliphatic heterocycles. The lowest BCUT2D eigenvalue weighted by atomic mass is 10.2. The molecule has 0 radical (unpaired) electrons. The second kappa shape index (κ2) is 6.01. The van der Waals surface area contributed by atoms with Crippen LogP contribution in [0.15, 0.2) is 10.7 Å². The number of rotatable bonds is 5. The van der Waals surface area contributed by atoms with Crippen molar-refractivity contribution in [1.82, 2.24) is 25.1 Å². The third-order valence-electron chi connectivity index (χ3n) is 4.70. The molecule has 1 amide bonds. The molecule has 1 N–H and O–H groups in total. The van der Waals surface area contributed by atoms with Gasteiger partial charge >= 0.3 is 0 Å². The zero-order chi connectivity index (χ0) is 16.7. The Morgan fingerprint density at radius 3 is 2.96 bits per heavy atom. The summed E-state index contributed by atoms with van der Waals surface area (Å²) >= 11 is 0. The molecule has 2 aliphatic rings. The topological polar surface area (TPSA) is 97.1 Å². The average Bonchev–Trinajstić information content (AvgIpc) is 2.99. The molecular formula is C16H21N5O3. The SMILES string of the molecule is CO[C@@H]1C[C@@H](c2n[nH]c(C)n2)N(C(=O)c2coc(CC3CC3)n2)C1. The highest BCUT2D eigenvalue weighted by Crippen LogP contribution is 2.34. The summed E-state index contributed by atoms with van der Waals surface area (Å²) in [6.07, 6.45) is 5.36. The lowest BCUT2D eigenvalue weighted by Crippen LogP contribution is -2.32. The van der Waals surface area contributed by atoms with Crippen LogP contribution in [-0.4, -0.2) is 50.7 Å². The molecule has 0 unspecified atom stereocenters. The van der Waals surface area contributed by atoms with Gasteiger partial charge in [0, 0.05) is 26.5 Å². The van der Waals surface area contributed by atoms with Gasteiger partial charge in [-0.15, -0.1) is 0 Å². The zero-order valence-electron chi connectivity index (χ0n) is 13.9. The van der Waals surface area contributed by atoms with Crippen molar-refractivity contribution in [2.24, 2.45) is 5.92 Å². The Bertz CT molecular complexity index is 736. The predicted molar refractivity (Wildman–Crippen MR) is 83.2 cm³/mol. The van der Waals surface area contributed by atoms with E-state index in [1.807, 2.05) is 6.92 Å². The number of aryl methyl sites for hydroxylation is 1. The largest absolute Gasteiger partial charge is 0.448 e. The molecule has 1 saturated carbocycles. The van der Waals surface area contributed by atoms with E-state index in [1.54, 1.807) is 12.0 Å². The van der Waals surface area contributed by atoms with Crippen LogP contribution in [0.1, 0.15) is 53.3 Å². The number of H-pyrrole nitrogens is 1. The van der Waals surface area contributed by atoms with E-state index in [1.165, 1.54) is 19.1 Å². The molecule has 0 bridgehead atoms. The van der Waals surface area contributed by atoms with Crippen LogP contribution in [0.25, 0.3) is 0 Å². The lowest BCUT2D eigenvalue weighted by molar-refractivity contribution is 0.0678. The summed E-state index contributed by atoms with van der Waals surface area (Å²) in [6, 6.07) is -0.212. The van der Waals surface area contributed by atoms with Crippen molar-refractivity contribution >= 4 is 5.91 Å². The first-order chi connectivity index (χ1) is 11.6. The van der Waals surface area contributed by atoms with Crippen molar-refractivity contribution in [3.05, 3.63) is 29.5 Å². The first kappa shape index (κ1) is 15.3. The monoisotopic (exact) mass is 331 g/mol. The number of aromatic nitrogens is 4. The maximum atomic E-state index is 12.9. The molecule has 0 aromatic carbocycles. The van der Waals surface area contributed by atoms with Crippen LogP contribution in [0.4, 0.5) is 0 Å².